The monoisotopic (exact) mass is 600 g/mol. The number of rotatable bonds is 14. The summed E-state index contributed by atoms with van der Waals surface area (Å²) >= 11 is 1.24. The van der Waals surface area contributed by atoms with Gasteiger partial charge in [0.25, 0.3) is 0 Å². The third-order valence-corrected chi connectivity index (χ3v) is 7.25. The summed E-state index contributed by atoms with van der Waals surface area (Å²) in [6.45, 7) is 4.26. The first-order valence-corrected chi connectivity index (χ1v) is 14.1. The van der Waals surface area contributed by atoms with Gasteiger partial charge in [-0.25, -0.2) is 0 Å². The van der Waals surface area contributed by atoms with Crippen molar-refractivity contribution in [3.8, 4) is 34.4 Å². The smallest absolute Gasteiger partial charge is 0.234 e. The van der Waals surface area contributed by atoms with Crippen LogP contribution in [0.5, 0.6) is 23.0 Å². The predicted octanol–water partition coefficient (Wildman–Crippen LogP) is 5.79. The van der Waals surface area contributed by atoms with E-state index in [0.717, 1.165) is 11.3 Å². The molecule has 3 aromatic carbocycles. The number of ketones is 1. The number of amides is 1. The molecular weight excluding hydrogens is 568 g/mol. The standard InChI is InChI=1S/C32H32N4O6S/c1-6-17-36-31(23-18-27(40-3)30(42-5)28(19-23)41-4)34-35-32(36)43-20-29(38)33-24-12-10-22(11-13-24)26(37)16-9-21-7-14-25(39-2)15-8-21/h6-16,18-19H,1,17,20H2,2-5H3,(H,33,38)/b16-9+. The number of nitrogens with zero attached hydrogens (tertiary/aromatic N) is 3. The van der Waals surface area contributed by atoms with Gasteiger partial charge in [0.05, 0.1) is 34.2 Å². The van der Waals surface area contributed by atoms with E-state index in [2.05, 4.69) is 22.1 Å². The van der Waals surface area contributed by atoms with E-state index in [4.69, 9.17) is 18.9 Å². The number of thioether (sulfide) groups is 1. The maximum Gasteiger partial charge on any atom is 0.234 e. The summed E-state index contributed by atoms with van der Waals surface area (Å²) in [5.74, 6) is 2.47. The van der Waals surface area contributed by atoms with Crippen LogP contribution in [-0.2, 0) is 11.3 Å². The molecule has 0 radical (unpaired) electrons. The first kappa shape index (κ1) is 30.9. The second-order valence-corrected chi connectivity index (χ2v) is 9.95. The molecule has 0 bridgehead atoms. The van der Waals surface area contributed by atoms with Gasteiger partial charge in [0, 0.05) is 23.4 Å². The van der Waals surface area contributed by atoms with Gasteiger partial charge >= 0.3 is 0 Å². The lowest BCUT2D eigenvalue weighted by Gasteiger charge is -2.14. The van der Waals surface area contributed by atoms with Crippen molar-refractivity contribution in [2.24, 2.45) is 0 Å². The first-order chi connectivity index (χ1) is 20.9. The van der Waals surface area contributed by atoms with Gasteiger partial charge in [0.2, 0.25) is 11.7 Å². The molecule has 0 unspecified atom stereocenters. The second-order valence-electron chi connectivity index (χ2n) is 9.00. The highest BCUT2D eigenvalue weighted by Gasteiger charge is 2.20. The molecule has 0 saturated heterocycles. The number of hydrogen-bond donors (Lipinski definition) is 1. The number of anilines is 1. The Morgan fingerprint density at radius 2 is 1.58 bits per heavy atom. The number of carbonyl (C=O) groups excluding carboxylic acids is 2. The molecule has 10 nitrogen and oxygen atoms in total. The third kappa shape index (κ3) is 7.63. The number of carbonyl (C=O) groups is 2. The Kier molecular flexibility index (Phi) is 10.6. The van der Waals surface area contributed by atoms with Gasteiger partial charge in [0.15, 0.2) is 28.3 Å². The van der Waals surface area contributed by atoms with Crippen LogP contribution in [0.4, 0.5) is 5.69 Å². The quantitative estimate of drug-likeness (QED) is 0.0831. The normalized spacial score (nSPS) is 10.8. The second kappa shape index (κ2) is 14.7. The van der Waals surface area contributed by atoms with Crippen LogP contribution in [0.15, 0.2) is 84.6 Å². The fourth-order valence-corrected chi connectivity index (χ4v) is 4.89. The van der Waals surface area contributed by atoms with Gasteiger partial charge in [-0.3, -0.25) is 14.2 Å². The number of allylic oxidation sites excluding steroid dienone is 2. The van der Waals surface area contributed by atoms with E-state index < -0.39 is 0 Å². The molecule has 0 aliphatic heterocycles. The maximum absolute atomic E-state index is 12.7. The Morgan fingerprint density at radius 3 is 2.16 bits per heavy atom. The van der Waals surface area contributed by atoms with Crippen molar-refractivity contribution in [1.29, 1.82) is 0 Å². The van der Waals surface area contributed by atoms with Crippen LogP contribution in [0.1, 0.15) is 15.9 Å². The SMILES string of the molecule is C=CCn1c(SCC(=O)Nc2ccc(C(=O)/C=C/c3ccc(OC)cc3)cc2)nnc1-c1cc(OC)c(OC)c(OC)c1. The molecule has 0 saturated carbocycles. The summed E-state index contributed by atoms with van der Waals surface area (Å²) in [6.07, 6.45) is 4.98. The van der Waals surface area contributed by atoms with Crippen molar-refractivity contribution in [3.63, 3.8) is 0 Å². The van der Waals surface area contributed by atoms with Crippen LogP contribution in [0.3, 0.4) is 0 Å². The van der Waals surface area contributed by atoms with Crippen molar-refractivity contribution in [2.45, 2.75) is 11.7 Å². The van der Waals surface area contributed by atoms with E-state index in [9.17, 15) is 9.59 Å². The molecule has 4 aromatic rings. The molecule has 0 spiro atoms. The molecule has 1 aromatic heterocycles. The molecule has 0 fully saturated rings. The molecule has 1 amide bonds. The zero-order valence-corrected chi connectivity index (χ0v) is 25.1. The summed E-state index contributed by atoms with van der Waals surface area (Å²) < 4.78 is 23.4. The summed E-state index contributed by atoms with van der Waals surface area (Å²) in [4.78, 5) is 25.3. The fourth-order valence-electron chi connectivity index (χ4n) is 4.14. The average molecular weight is 601 g/mol. The Morgan fingerprint density at radius 1 is 0.907 bits per heavy atom. The van der Waals surface area contributed by atoms with Gasteiger partial charge in [-0.2, -0.15) is 0 Å². The highest BCUT2D eigenvalue weighted by molar-refractivity contribution is 7.99. The van der Waals surface area contributed by atoms with Crippen LogP contribution < -0.4 is 24.3 Å². The van der Waals surface area contributed by atoms with Gasteiger partial charge < -0.3 is 24.3 Å². The lowest BCUT2D eigenvalue weighted by molar-refractivity contribution is -0.113. The van der Waals surface area contributed by atoms with E-state index in [-0.39, 0.29) is 17.4 Å². The maximum atomic E-state index is 12.7. The molecule has 0 aliphatic carbocycles. The molecule has 1 heterocycles. The van der Waals surface area contributed by atoms with Crippen molar-refractivity contribution in [3.05, 3.63) is 90.5 Å². The highest BCUT2D eigenvalue weighted by Crippen LogP contribution is 2.41. The number of nitrogens with one attached hydrogen (secondary N) is 1. The van der Waals surface area contributed by atoms with E-state index in [0.29, 0.717) is 51.6 Å². The number of benzene rings is 3. The average Bonchev–Trinajstić information content (AvgIpc) is 3.44. The summed E-state index contributed by atoms with van der Waals surface area (Å²) in [7, 11) is 6.23. The van der Waals surface area contributed by atoms with Gasteiger partial charge in [0.1, 0.15) is 5.75 Å². The van der Waals surface area contributed by atoms with Crippen LogP contribution >= 0.6 is 11.8 Å². The minimum atomic E-state index is -0.231. The molecule has 0 aliphatic rings. The number of methoxy groups -OCH3 is 4. The van der Waals surface area contributed by atoms with E-state index in [1.165, 1.54) is 24.9 Å². The minimum absolute atomic E-state index is 0.0931. The molecule has 222 valence electrons. The van der Waals surface area contributed by atoms with Crippen LogP contribution in [-0.4, -0.2) is 60.6 Å². The zero-order chi connectivity index (χ0) is 30.8. The van der Waals surface area contributed by atoms with Gasteiger partial charge in [-0.05, 0) is 60.2 Å². The highest BCUT2D eigenvalue weighted by atomic mass is 32.2. The molecule has 0 atom stereocenters. The molecule has 1 N–H and O–H groups in total. The Balaban J connectivity index is 1.39. The summed E-state index contributed by atoms with van der Waals surface area (Å²) in [5.41, 5.74) is 2.67. The molecule has 43 heavy (non-hydrogen) atoms. The number of ether oxygens (including phenoxy) is 4. The van der Waals surface area contributed by atoms with Crippen molar-refractivity contribution >= 4 is 35.2 Å². The number of hydrogen-bond acceptors (Lipinski definition) is 9. The Labute approximate surface area is 254 Å². The lowest BCUT2D eigenvalue weighted by atomic mass is 10.1. The van der Waals surface area contributed by atoms with Crippen LogP contribution in [0.25, 0.3) is 17.5 Å². The van der Waals surface area contributed by atoms with E-state index >= 15 is 0 Å². The zero-order valence-electron chi connectivity index (χ0n) is 24.3. The lowest BCUT2D eigenvalue weighted by Crippen LogP contribution is -2.14. The predicted molar refractivity (Wildman–Crippen MR) is 167 cm³/mol. The first-order valence-electron chi connectivity index (χ1n) is 13.1. The van der Waals surface area contributed by atoms with Crippen LogP contribution in [0.2, 0.25) is 0 Å². The summed E-state index contributed by atoms with van der Waals surface area (Å²) in [6, 6.07) is 17.7. The topological polar surface area (TPSA) is 114 Å². The fraction of sp³-hybridized carbons (Fsp3) is 0.188. The molecule has 4 rings (SSSR count). The van der Waals surface area contributed by atoms with Gasteiger partial charge in [-0.15, -0.1) is 16.8 Å². The van der Waals surface area contributed by atoms with Gasteiger partial charge in [-0.1, -0.05) is 36.0 Å². The van der Waals surface area contributed by atoms with Crippen LogP contribution in [0, 0.1) is 0 Å². The van der Waals surface area contributed by atoms with Crippen molar-refractivity contribution in [2.75, 3.05) is 39.5 Å². The summed E-state index contributed by atoms with van der Waals surface area (Å²) in [5, 5.41) is 12.1. The van der Waals surface area contributed by atoms with E-state index in [1.54, 1.807) is 69.9 Å². The van der Waals surface area contributed by atoms with Crippen molar-refractivity contribution < 1.29 is 28.5 Å². The number of aromatic nitrogens is 3. The Bertz CT molecular complexity index is 1590. The van der Waals surface area contributed by atoms with E-state index in [1.807, 2.05) is 28.8 Å². The minimum Gasteiger partial charge on any atom is -0.497 e. The molecular formula is C32H32N4O6S. The third-order valence-electron chi connectivity index (χ3n) is 6.28. The largest absolute Gasteiger partial charge is 0.497 e. The van der Waals surface area contributed by atoms with Crippen molar-refractivity contribution in [1.82, 2.24) is 14.8 Å². The molecule has 11 heteroatoms. The Hall–Kier alpha value is -5.03.